The zero-order chi connectivity index (χ0) is 14.4. The number of carbonyl (C=O) groups excluding carboxylic acids is 2. The van der Waals surface area contributed by atoms with Crippen LogP contribution in [0.4, 0.5) is 5.69 Å². The summed E-state index contributed by atoms with van der Waals surface area (Å²) < 4.78 is 4.86. The number of benzene rings is 1. The van der Waals surface area contributed by atoms with E-state index in [1.165, 1.54) is 31.2 Å². The number of nitro benzene ring substituents is 1. The van der Waals surface area contributed by atoms with Crippen LogP contribution in [0.25, 0.3) is 0 Å². The highest BCUT2D eigenvalue weighted by atomic mass is 35.5. The average Bonchev–Trinajstić information content (AvgIpc) is 2.36. The van der Waals surface area contributed by atoms with Gasteiger partial charge in [-0.3, -0.25) is 19.7 Å². The van der Waals surface area contributed by atoms with Crippen molar-refractivity contribution in [1.29, 1.82) is 0 Å². The highest BCUT2D eigenvalue weighted by Crippen LogP contribution is 2.12. The van der Waals surface area contributed by atoms with Gasteiger partial charge in [-0.1, -0.05) is 0 Å². The van der Waals surface area contributed by atoms with Crippen molar-refractivity contribution in [3.05, 3.63) is 39.9 Å². The Labute approximate surface area is 114 Å². The smallest absolute Gasteiger partial charge is 0.313 e. The minimum absolute atomic E-state index is 0.0405. The summed E-state index contributed by atoms with van der Waals surface area (Å²) in [6, 6.07) is 5.60. The van der Waals surface area contributed by atoms with E-state index in [0.29, 0.717) is 5.56 Å². The fraction of sp³-hybridized carbons (Fsp3) is 0.333. The molecule has 0 amide bonds. The number of ketones is 1. The standard InChI is InChI=1S/C12H12ClNO5/c1-8(13)11(15)6-12(16)19-7-9-2-4-10(5-3-9)14(17)18/h2-5,8H,6-7H2,1H3. The number of esters is 1. The van der Waals surface area contributed by atoms with Crippen LogP contribution in [0, 0.1) is 10.1 Å². The van der Waals surface area contributed by atoms with Gasteiger partial charge in [0.15, 0.2) is 5.78 Å². The average molecular weight is 286 g/mol. The lowest BCUT2D eigenvalue weighted by Gasteiger charge is -2.05. The molecule has 0 fully saturated rings. The van der Waals surface area contributed by atoms with Crippen LogP contribution in [0.15, 0.2) is 24.3 Å². The number of halogens is 1. The Bertz CT molecular complexity index is 483. The Balaban J connectivity index is 2.46. The third-order valence-electron chi connectivity index (χ3n) is 2.31. The zero-order valence-corrected chi connectivity index (χ0v) is 10.9. The first kappa shape index (κ1) is 15.1. The molecule has 0 saturated carbocycles. The van der Waals surface area contributed by atoms with Gasteiger partial charge in [-0.2, -0.15) is 0 Å². The van der Waals surface area contributed by atoms with Gasteiger partial charge in [0.25, 0.3) is 5.69 Å². The summed E-state index contributed by atoms with van der Waals surface area (Å²) in [5.74, 6) is -1.08. The van der Waals surface area contributed by atoms with Crippen molar-refractivity contribution in [3.63, 3.8) is 0 Å². The monoisotopic (exact) mass is 285 g/mol. The maximum absolute atomic E-state index is 11.3. The van der Waals surface area contributed by atoms with Crippen molar-refractivity contribution >= 4 is 29.0 Å². The Morgan fingerprint density at radius 3 is 2.42 bits per heavy atom. The molecular formula is C12H12ClNO5. The van der Waals surface area contributed by atoms with E-state index in [4.69, 9.17) is 16.3 Å². The summed E-state index contributed by atoms with van der Waals surface area (Å²) in [5, 5.41) is 9.70. The van der Waals surface area contributed by atoms with Crippen LogP contribution in [0.3, 0.4) is 0 Å². The number of rotatable bonds is 6. The number of nitro groups is 1. The normalized spacial score (nSPS) is 11.7. The molecule has 0 spiro atoms. The van der Waals surface area contributed by atoms with E-state index in [0.717, 1.165) is 0 Å². The SMILES string of the molecule is CC(Cl)C(=O)CC(=O)OCc1ccc([N+](=O)[O-])cc1. The van der Waals surface area contributed by atoms with Crippen LogP contribution in [0.1, 0.15) is 18.9 Å². The topological polar surface area (TPSA) is 86.5 Å². The fourth-order valence-electron chi connectivity index (χ4n) is 1.21. The lowest BCUT2D eigenvalue weighted by Crippen LogP contribution is -2.17. The summed E-state index contributed by atoms with van der Waals surface area (Å²) in [7, 11) is 0. The molecule has 0 N–H and O–H groups in total. The van der Waals surface area contributed by atoms with E-state index < -0.39 is 22.1 Å². The number of nitrogens with zero attached hydrogens (tertiary/aromatic N) is 1. The first-order chi connectivity index (χ1) is 8.90. The summed E-state index contributed by atoms with van der Waals surface area (Å²) in [6.07, 6.45) is -0.377. The van der Waals surface area contributed by atoms with Crippen LogP contribution in [-0.4, -0.2) is 22.1 Å². The molecule has 0 aromatic heterocycles. The Hall–Kier alpha value is -1.95. The van der Waals surface area contributed by atoms with Crippen molar-refractivity contribution in [2.75, 3.05) is 0 Å². The van der Waals surface area contributed by atoms with E-state index in [9.17, 15) is 19.7 Å². The van der Waals surface area contributed by atoms with Crippen molar-refractivity contribution < 1.29 is 19.2 Å². The van der Waals surface area contributed by atoms with E-state index in [1.807, 2.05) is 0 Å². The van der Waals surface area contributed by atoms with Gasteiger partial charge in [-0.15, -0.1) is 11.6 Å². The molecule has 0 saturated heterocycles. The van der Waals surface area contributed by atoms with E-state index in [2.05, 4.69) is 0 Å². The van der Waals surface area contributed by atoms with Gasteiger partial charge in [0, 0.05) is 12.1 Å². The highest BCUT2D eigenvalue weighted by Gasteiger charge is 2.15. The Kier molecular flexibility index (Phi) is 5.44. The second kappa shape index (κ2) is 6.84. The quantitative estimate of drug-likeness (QED) is 0.263. The van der Waals surface area contributed by atoms with Crippen molar-refractivity contribution in [1.82, 2.24) is 0 Å². The minimum atomic E-state index is -0.730. The maximum Gasteiger partial charge on any atom is 0.313 e. The van der Waals surface area contributed by atoms with Gasteiger partial charge in [0.1, 0.15) is 13.0 Å². The number of non-ortho nitro benzene ring substituents is 1. The Morgan fingerprint density at radius 2 is 1.95 bits per heavy atom. The second-order valence-corrected chi connectivity index (χ2v) is 4.50. The second-order valence-electron chi connectivity index (χ2n) is 3.84. The molecule has 0 aliphatic carbocycles. The lowest BCUT2D eigenvalue weighted by atomic mass is 10.2. The molecule has 1 aromatic rings. The van der Waals surface area contributed by atoms with Gasteiger partial charge in [-0.25, -0.2) is 0 Å². The number of hydrogen-bond acceptors (Lipinski definition) is 5. The summed E-state index contributed by atoms with van der Waals surface area (Å²) in [6.45, 7) is 1.44. The van der Waals surface area contributed by atoms with E-state index in [-0.39, 0.29) is 18.7 Å². The molecule has 0 aliphatic heterocycles. The number of hydrogen-bond donors (Lipinski definition) is 0. The third kappa shape index (κ3) is 5.05. The molecule has 0 heterocycles. The zero-order valence-electron chi connectivity index (χ0n) is 10.2. The van der Waals surface area contributed by atoms with Crippen LogP contribution >= 0.6 is 11.6 Å². The summed E-state index contributed by atoms with van der Waals surface area (Å²) in [4.78, 5) is 32.4. The molecule has 1 unspecified atom stereocenters. The third-order valence-corrected chi connectivity index (χ3v) is 2.55. The van der Waals surface area contributed by atoms with Crippen molar-refractivity contribution in [2.24, 2.45) is 0 Å². The summed E-state index contributed by atoms with van der Waals surface area (Å²) >= 11 is 5.52. The number of Topliss-reactive ketones (excluding diaryl/α,β-unsaturated/α-hetero) is 1. The van der Waals surface area contributed by atoms with Crippen LogP contribution in [0.2, 0.25) is 0 Å². The van der Waals surface area contributed by atoms with Crippen LogP contribution in [-0.2, 0) is 20.9 Å². The molecule has 0 radical (unpaired) electrons. The molecular weight excluding hydrogens is 274 g/mol. The molecule has 0 aliphatic rings. The molecule has 7 heteroatoms. The van der Waals surface area contributed by atoms with E-state index >= 15 is 0 Å². The Morgan fingerprint density at radius 1 is 1.37 bits per heavy atom. The molecule has 102 valence electrons. The van der Waals surface area contributed by atoms with Gasteiger partial charge < -0.3 is 4.74 Å². The molecule has 0 bridgehead atoms. The van der Waals surface area contributed by atoms with Gasteiger partial charge in [-0.05, 0) is 24.6 Å². The summed E-state index contributed by atoms with van der Waals surface area (Å²) in [5.41, 5.74) is 0.562. The number of ether oxygens (including phenoxy) is 1. The molecule has 1 rings (SSSR count). The maximum atomic E-state index is 11.3. The molecule has 1 atom stereocenters. The van der Waals surface area contributed by atoms with E-state index in [1.54, 1.807) is 0 Å². The van der Waals surface area contributed by atoms with Crippen LogP contribution in [0.5, 0.6) is 0 Å². The van der Waals surface area contributed by atoms with Crippen molar-refractivity contribution in [2.45, 2.75) is 25.3 Å². The lowest BCUT2D eigenvalue weighted by molar-refractivity contribution is -0.384. The number of carbonyl (C=O) groups is 2. The molecule has 19 heavy (non-hydrogen) atoms. The first-order valence-electron chi connectivity index (χ1n) is 5.46. The van der Waals surface area contributed by atoms with Gasteiger partial charge >= 0.3 is 5.97 Å². The van der Waals surface area contributed by atoms with Gasteiger partial charge in [0.2, 0.25) is 0 Å². The molecule has 6 nitrogen and oxygen atoms in total. The minimum Gasteiger partial charge on any atom is -0.460 e. The predicted octanol–water partition coefficient (Wildman–Crippen LogP) is 2.22. The van der Waals surface area contributed by atoms with Crippen molar-refractivity contribution in [3.8, 4) is 0 Å². The fourth-order valence-corrected chi connectivity index (χ4v) is 1.29. The predicted molar refractivity (Wildman–Crippen MR) is 67.8 cm³/mol. The van der Waals surface area contributed by atoms with Gasteiger partial charge in [0.05, 0.1) is 10.3 Å². The molecule has 1 aromatic carbocycles. The number of alkyl halides is 1. The first-order valence-corrected chi connectivity index (χ1v) is 5.89. The highest BCUT2D eigenvalue weighted by molar-refractivity contribution is 6.32. The largest absolute Gasteiger partial charge is 0.460 e. The van der Waals surface area contributed by atoms with Crippen LogP contribution < -0.4 is 0 Å².